The van der Waals surface area contributed by atoms with E-state index in [0.29, 0.717) is 4.88 Å². The molecule has 0 saturated carbocycles. The molecule has 1 N–H and O–H groups in total. The summed E-state index contributed by atoms with van der Waals surface area (Å²) in [7, 11) is 3.93. The van der Waals surface area contributed by atoms with Crippen LogP contribution < -0.4 is 10.2 Å². The molecular formula is C14H16N4OS. The van der Waals surface area contributed by atoms with Gasteiger partial charge < -0.3 is 10.2 Å². The van der Waals surface area contributed by atoms with E-state index in [9.17, 15) is 4.79 Å². The Balaban J connectivity index is 2.57. The molecule has 20 heavy (non-hydrogen) atoms. The highest BCUT2D eigenvalue weighted by atomic mass is 32.1. The first-order valence-electron chi connectivity index (χ1n) is 6.12. The minimum Gasteiger partial charge on any atom is -0.377 e. The molecular weight excluding hydrogens is 272 g/mol. The first-order chi connectivity index (χ1) is 9.69. The Kier molecular flexibility index (Phi) is 4.47. The Morgan fingerprint density at radius 3 is 2.90 bits per heavy atom. The molecule has 0 aliphatic rings. The third-order valence-electron chi connectivity index (χ3n) is 2.70. The van der Waals surface area contributed by atoms with Crippen LogP contribution in [0.3, 0.4) is 0 Å². The zero-order valence-electron chi connectivity index (χ0n) is 11.6. The molecule has 0 spiro atoms. The highest BCUT2D eigenvalue weighted by Gasteiger charge is 2.16. The van der Waals surface area contributed by atoms with Crippen molar-refractivity contribution in [3.8, 4) is 0 Å². The number of nitrogens with zero attached hydrogens (tertiary/aromatic N) is 3. The highest BCUT2D eigenvalue weighted by molar-refractivity contribution is 7.21. The summed E-state index contributed by atoms with van der Waals surface area (Å²) in [5.41, 5.74) is 1.77. The Labute approximate surface area is 121 Å². The molecule has 6 heteroatoms. The summed E-state index contributed by atoms with van der Waals surface area (Å²) in [4.78, 5) is 23.1. The average Bonchev–Trinajstić information content (AvgIpc) is 2.81. The molecule has 104 valence electrons. The molecule has 0 unspecified atom stereocenters. The van der Waals surface area contributed by atoms with Crippen LogP contribution in [-0.4, -0.2) is 31.7 Å². The van der Waals surface area contributed by atoms with Crippen LogP contribution in [0, 0.1) is 0 Å². The maximum absolute atomic E-state index is 11.2. The third-order valence-corrected chi connectivity index (χ3v) is 3.73. The monoisotopic (exact) mass is 288 g/mol. The van der Waals surface area contributed by atoms with Crippen molar-refractivity contribution in [1.29, 1.82) is 0 Å². The van der Waals surface area contributed by atoms with Crippen molar-refractivity contribution in [3.63, 3.8) is 0 Å². The van der Waals surface area contributed by atoms with E-state index in [1.165, 1.54) is 11.3 Å². The lowest BCUT2D eigenvalue weighted by Crippen LogP contribution is -2.09. The lowest BCUT2D eigenvalue weighted by atomic mass is 10.2. The summed E-state index contributed by atoms with van der Waals surface area (Å²) in [6.45, 7) is 1.89. The zero-order chi connectivity index (χ0) is 14.5. The van der Waals surface area contributed by atoms with Gasteiger partial charge in [0.1, 0.15) is 4.83 Å². The van der Waals surface area contributed by atoms with E-state index in [1.54, 1.807) is 18.7 Å². The van der Waals surface area contributed by atoms with Gasteiger partial charge in [-0.2, -0.15) is 0 Å². The molecule has 0 bridgehead atoms. The summed E-state index contributed by atoms with van der Waals surface area (Å²) < 4.78 is 0. The molecule has 2 rings (SSSR count). The first-order valence-corrected chi connectivity index (χ1v) is 6.94. The molecule has 2 aromatic heterocycles. The molecule has 0 aromatic carbocycles. The second-order valence-electron chi connectivity index (χ2n) is 4.27. The van der Waals surface area contributed by atoms with E-state index in [2.05, 4.69) is 15.3 Å². The van der Waals surface area contributed by atoms with Gasteiger partial charge in [-0.1, -0.05) is 6.08 Å². The summed E-state index contributed by atoms with van der Waals surface area (Å²) in [6, 6.07) is 1.93. The van der Waals surface area contributed by atoms with E-state index in [4.69, 9.17) is 0 Å². The maximum atomic E-state index is 11.2. The van der Waals surface area contributed by atoms with Crippen molar-refractivity contribution in [1.82, 2.24) is 4.98 Å². The van der Waals surface area contributed by atoms with Gasteiger partial charge >= 0.3 is 0 Å². The van der Waals surface area contributed by atoms with Crippen molar-refractivity contribution in [3.05, 3.63) is 29.4 Å². The van der Waals surface area contributed by atoms with E-state index in [-0.39, 0.29) is 0 Å². The number of aliphatic imine (C=N–C) groups is 1. The lowest BCUT2D eigenvalue weighted by Gasteiger charge is -2.14. The van der Waals surface area contributed by atoms with Crippen molar-refractivity contribution < 1.29 is 4.79 Å². The van der Waals surface area contributed by atoms with Crippen molar-refractivity contribution in [2.24, 2.45) is 4.99 Å². The molecule has 0 fully saturated rings. The van der Waals surface area contributed by atoms with E-state index in [1.807, 2.05) is 38.1 Å². The van der Waals surface area contributed by atoms with Crippen LogP contribution in [0.4, 0.5) is 11.4 Å². The van der Waals surface area contributed by atoms with Gasteiger partial charge in [-0.05, 0) is 13.0 Å². The largest absolute Gasteiger partial charge is 0.377 e. The highest BCUT2D eigenvalue weighted by Crippen LogP contribution is 2.38. The number of aromatic nitrogens is 1. The van der Waals surface area contributed by atoms with Crippen LogP contribution >= 0.6 is 11.3 Å². The molecule has 2 heterocycles. The van der Waals surface area contributed by atoms with Gasteiger partial charge in [0, 0.05) is 26.5 Å². The first kappa shape index (κ1) is 14.2. The quantitative estimate of drug-likeness (QED) is 0.521. The number of hydrogen-bond acceptors (Lipinski definition) is 5. The molecule has 0 radical (unpaired) electrons. The predicted molar refractivity (Wildman–Crippen MR) is 86.3 cm³/mol. The Morgan fingerprint density at radius 2 is 2.25 bits per heavy atom. The average molecular weight is 288 g/mol. The Bertz CT molecular complexity index is 673. The van der Waals surface area contributed by atoms with Crippen molar-refractivity contribution in [2.75, 3.05) is 24.3 Å². The summed E-state index contributed by atoms with van der Waals surface area (Å²) in [5, 5.41) is 4.03. The third kappa shape index (κ3) is 2.70. The topological polar surface area (TPSA) is 57.6 Å². The van der Waals surface area contributed by atoms with Crippen LogP contribution in [0.25, 0.3) is 10.2 Å². The molecule has 0 atom stereocenters. The molecule has 2 aromatic rings. The lowest BCUT2D eigenvalue weighted by molar-refractivity contribution is 0.112. The van der Waals surface area contributed by atoms with E-state index >= 15 is 0 Å². The van der Waals surface area contributed by atoms with E-state index in [0.717, 1.165) is 27.9 Å². The predicted octanol–water partition coefficient (Wildman–Crippen LogP) is 3.15. The standard InChI is InChI=1S/C14H16N4OS/c1-4-6-15-9-17-13-11(8-19)20-14-12(13)10(18(2)3)5-7-16-14/h4-9H,1-3H3,(H,15,17)/b6-4+. The van der Waals surface area contributed by atoms with Gasteiger partial charge in [0.05, 0.1) is 28.0 Å². The Morgan fingerprint density at radius 1 is 1.45 bits per heavy atom. The fourth-order valence-electron chi connectivity index (χ4n) is 1.85. The van der Waals surface area contributed by atoms with Gasteiger partial charge in [0.25, 0.3) is 0 Å². The minimum atomic E-state index is 0.619. The second kappa shape index (κ2) is 6.29. The van der Waals surface area contributed by atoms with E-state index < -0.39 is 0 Å². The number of anilines is 2. The summed E-state index contributed by atoms with van der Waals surface area (Å²) >= 11 is 1.37. The smallest absolute Gasteiger partial charge is 0.162 e. The van der Waals surface area contributed by atoms with Crippen molar-refractivity contribution >= 4 is 45.6 Å². The number of allylic oxidation sites excluding steroid dienone is 1. The number of hydrogen-bond donors (Lipinski definition) is 1. The van der Waals surface area contributed by atoms with Crippen LogP contribution in [0.15, 0.2) is 29.5 Å². The van der Waals surface area contributed by atoms with Crippen LogP contribution in [0.1, 0.15) is 16.6 Å². The number of fused-ring (bicyclic) bond motifs is 1. The number of pyridine rings is 1. The normalized spacial score (nSPS) is 11.6. The fraction of sp³-hybridized carbons (Fsp3) is 0.214. The molecule has 5 nitrogen and oxygen atoms in total. The zero-order valence-corrected chi connectivity index (χ0v) is 12.4. The SMILES string of the molecule is C/C=C/N=CNc1c(C=O)sc2nccc(N(C)C)c12. The number of carbonyl (C=O) groups is 1. The van der Waals surface area contributed by atoms with Gasteiger partial charge in [0.2, 0.25) is 0 Å². The Hall–Kier alpha value is -2.21. The van der Waals surface area contributed by atoms with Crippen LogP contribution in [0.5, 0.6) is 0 Å². The summed E-state index contributed by atoms with van der Waals surface area (Å²) in [5.74, 6) is 0. The van der Waals surface area contributed by atoms with Crippen LogP contribution in [0.2, 0.25) is 0 Å². The van der Waals surface area contributed by atoms with Gasteiger partial charge in [-0.25, -0.2) is 9.98 Å². The molecule has 0 aliphatic heterocycles. The molecule has 0 aliphatic carbocycles. The fourth-order valence-corrected chi connectivity index (χ4v) is 2.80. The van der Waals surface area contributed by atoms with Crippen molar-refractivity contribution in [2.45, 2.75) is 6.92 Å². The van der Waals surface area contributed by atoms with Gasteiger partial charge in [0.15, 0.2) is 6.29 Å². The maximum Gasteiger partial charge on any atom is 0.162 e. The van der Waals surface area contributed by atoms with Gasteiger partial charge in [-0.15, -0.1) is 11.3 Å². The molecule has 0 amide bonds. The minimum absolute atomic E-state index is 0.619. The number of nitrogens with one attached hydrogen (secondary N) is 1. The summed E-state index contributed by atoms with van der Waals surface area (Å²) in [6.07, 6.45) is 7.67. The number of carbonyl (C=O) groups excluding carboxylic acids is 1. The number of thiophene rings is 1. The number of rotatable bonds is 5. The second-order valence-corrected chi connectivity index (χ2v) is 5.30. The van der Waals surface area contributed by atoms with Gasteiger partial charge in [-0.3, -0.25) is 4.79 Å². The van der Waals surface area contributed by atoms with Crippen LogP contribution in [-0.2, 0) is 0 Å². The number of aldehydes is 1. The molecule has 0 saturated heterocycles.